The zero-order valence-corrected chi connectivity index (χ0v) is 15.0. The molecule has 1 saturated heterocycles. The van der Waals surface area contributed by atoms with Crippen LogP contribution in [-0.2, 0) is 11.3 Å². The Morgan fingerprint density at radius 3 is 2.95 bits per heavy atom. The number of carbonyl (C=O) groups excluding carboxylic acids is 1. The molecule has 1 aliphatic heterocycles. The van der Waals surface area contributed by atoms with Crippen molar-refractivity contribution in [3.63, 3.8) is 0 Å². The number of hydrogen-bond acceptors (Lipinski definition) is 4. The zero-order chi connectivity index (χ0) is 16.2. The second-order valence-electron chi connectivity index (χ2n) is 6.66. The first-order valence-electron chi connectivity index (χ1n) is 7.63. The van der Waals surface area contributed by atoms with Crippen molar-refractivity contribution in [1.82, 2.24) is 15.2 Å². The molecular formula is C16H24BrN3O2. The van der Waals surface area contributed by atoms with Gasteiger partial charge in [0, 0.05) is 26.2 Å². The highest BCUT2D eigenvalue weighted by Crippen LogP contribution is 2.19. The number of aromatic nitrogens is 1. The van der Waals surface area contributed by atoms with Crippen molar-refractivity contribution in [2.75, 3.05) is 19.6 Å². The summed E-state index contributed by atoms with van der Waals surface area (Å²) in [6.45, 7) is 8.83. The van der Waals surface area contributed by atoms with Gasteiger partial charge in [0.1, 0.15) is 10.2 Å². The molecule has 1 aromatic rings. The van der Waals surface area contributed by atoms with Crippen LogP contribution in [0.5, 0.6) is 0 Å². The largest absolute Gasteiger partial charge is 0.444 e. The van der Waals surface area contributed by atoms with Crippen LogP contribution in [0, 0.1) is 5.92 Å². The molecule has 1 fully saturated rings. The van der Waals surface area contributed by atoms with Gasteiger partial charge in [-0.05, 0) is 61.2 Å². The maximum atomic E-state index is 12.0. The number of nitrogens with zero attached hydrogens (tertiary/aromatic N) is 2. The number of likely N-dealkylation sites (tertiary alicyclic amines) is 1. The lowest BCUT2D eigenvalue weighted by Crippen LogP contribution is -2.36. The average molecular weight is 370 g/mol. The van der Waals surface area contributed by atoms with Crippen molar-refractivity contribution >= 4 is 22.0 Å². The van der Waals surface area contributed by atoms with Gasteiger partial charge in [-0.25, -0.2) is 9.78 Å². The Labute approximate surface area is 140 Å². The van der Waals surface area contributed by atoms with E-state index in [1.54, 1.807) is 4.90 Å². The molecule has 1 aromatic heterocycles. The number of nitrogens with one attached hydrogen (secondary N) is 1. The lowest BCUT2D eigenvalue weighted by Gasteiger charge is -2.24. The van der Waals surface area contributed by atoms with E-state index in [1.165, 1.54) is 0 Å². The van der Waals surface area contributed by atoms with Crippen LogP contribution in [0.3, 0.4) is 0 Å². The maximum absolute atomic E-state index is 12.0. The number of rotatable bonds is 4. The van der Waals surface area contributed by atoms with Crippen molar-refractivity contribution in [3.05, 3.63) is 28.5 Å². The van der Waals surface area contributed by atoms with E-state index in [2.05, 4.69) is 26.2 Å². The molecule has 0 aromatic carbocycles. The second kappa shape index (κ2) is 7.42. The van der Waals surface area contributed by atoms with Crippen molar-refractivity contribution in [3.8, 4) is 0 Å². The molecule has 0 bridgehead atoms. The molecule has 0 radical (unpaired) electrons. The quantitative estimate of drug-likeness (QED) is 0.828. The van der Waals surface area contributed by atoms with Gasteiger partial charge in [-0.2, -0.15) is 0 Å². The van der Waals surface area contributed by atoms with Gasteiger partial charge in [-0.15, -0.1) is 0 Å². The Balaban J connectivity index is 1.71. The summed E-state index contributed by atoms with van der Waals surface area (Å²) in [6.07, 6.45) is 0.807. The molecule has 2 rings (SSSR count). The summed E-state index contributed by atoms with van der Waals surface area (Å²) in [6, 6.07) is 5.90. The summed E-state index contributed by atoms with van der Waals surface area (Å²) >= 11 is 3.37. The SMILES string of the molecule is CC(C)(C)OC(=O)N1CCC(CNCc2cccc(Br)n2)C1. The smallest absolute Gasteiger partial charge is 0.410 e. The fourth-order valence-electron chi connectivity index (χ4n) is 2.44. The van der Waals surface area contributed by atoms with Gasteiger partial charge in [-0.3, -0.25) is 0 Å². The normalized spacial score (nSPS) is 18.5. The molecular weight excluding hydrogens is 346 g/mol. The molecule has 1 atom stereocenters. The summed E-state index contributed by atoms with van der Waals surface area (Å²) in [7, 11) is 0. The van der Waals surface area contributed by atoms with Gasteiger partial charge in [-0.1, -0.05) is 6.07 Å². The highest BCUT2D eigenvalue weighted by molar-refractivity contribution is 9.10. The molecule has 1 aliphatic rings. The molecule has 0 aliphatic carbocycles. The molecule has 122 valence electrons. The fourth-order valence-corrected chi connectivity index (χ4v) is 2.83. The lowest BCUT2D eigenvalue weighted by atomic mass is 10.1. The van der Waals surface area contributed by atoms with Gasteiger partial charge in [0.05, 0.1) is 5.69 Å². The van der Waals surface area contributed by atoms with Crippen LogP contribution in [0.2, 0.25) is 0 Å². The lowest BCUT2D eigenvalue weighted by molar-refractivity contribution is 0.0288. The van der Waals surface area contributed by atoms with Crippen LogP contribution in [0.4, 0.5) is 4.79 Å². The summed E-state index contributed by atoms with van der Waals surface area (Å²) in [4.78, 5) is 18.2. The maximum Gasteiger partial charge on any atom is 0.410 e. The molecule has 0 spiro atoms. The van der Waals surface area contributed by atoms with Crippen LogP contribution < -0.4 is 5.32 Å². The number of hydrogen-bond donors (Lipinski definition) is 1. The van der Waals surface area contributed by atoms with E-state index >= 15 is 0 Å². The Hall–Kier alpha value is -1.14. The van der Waals surface area contributed by atoms with Gasteiger partial charge in [0.25, 0.3) is 0 Å². The van der Waals surface area contributed by atoms with Crippen molar-refractivity contribution in [1.29, 1.82) is 0 Å². The van der Waals surface area contributed by atoms with Crippen LogP contribution >= 0.6 is 15.9 Å². The monoisotopic (exact) mass is 369 g/mol. The van der Waals surface area contributed by atoms with E-state index < -0.39 is 5.60 Å². The number of ether oxygens (including phenoxy) is 1. The number of amides is 1. The molecule has 0 saturated carbocycles. The van der Waals surface area contributed by atoms with E-state index in [4.69, 9.17) is 4.74 Å². The van der Waals surface area contributed by atoms with Crippen molar-refractivity contribution in [2.45, 2.75) is 39.3 Å². The zero-order valence-electron chi connectivity index (χ0n) is 13.4. The fraction of sp³-hybridized carbons (Fsp3) is 0.625. The predicted octanol–water partition coefficient (Wildman–Crippen LogP) is 3.19. The first kappa shape index (κ1) is 17.2. The van der Waals surface area contributed by atoms with Crippen LogP contribution in [0.1, 0.15) is 32.9 Å². The standard InChI is InChI=1S/C16H24BrN3O2/c1-16(2,3)22-15(21)20-8-7-12(11-20)9-18-10-13-5-4-6-14(17)19-13/h4-6,12,18H,7-11H2,1-3H3. The topological polar surface area (TPSA) is 54.5 Å². The second-order valence-corrected chi connectivity index (χ2v) is 7.48. The van der Waals surface area contributed by atoms with E-state index in [0.29, 0.717) is 5.92 Å². The van der Waals surface area contributed by atoms with Gasteiger partial charge < -0.3 is 15.0 Å². The van der Waals surface area contributed by atoms with E-state index in [-0.39, 0.29) is 6.09 Å². The molecule has 5 nitrogen and oxygen atoms in total. The third-order valence-corrected chi connectivity index (χ3v) is 3.89. The molecule has 22 heavy (non-hydrogen) atoms. The van der Waals surface area contributed by atoms with Gasteiger partial charge in [0.2, 0.25) is 0 Å². The Morgan fingerprint density at radius 1 is 1.50 bits per heavy atom. The Morgan fingerprint density at radius 2 is 2.27 bits per heavy atom. The molecule has 6 heteroatoms. The first-order chi connectivity index (χ1) is 10.3. The van der Waals surface area contributed by atoms with E-state index in [0.717, 1.165) is 42.9 Å². The van der Waals surface area contributed by atoms with Crippen molar-refractivity contribution < 1.29 is 9.53 Å². The molecule has 2 heterocycles. The highest BCUT2D eigenvalue weighted by atomic mass is 79.9. The third-order valence-electron chi connectivity index (χ3n) is 3.45. The van der Waals surface area contributed by atoms with Crippen LogP contribution in [-0.4, -0.2) is 41.2 Å². The predicted molar refractivity (Wildman–Crippen MR) is 89.6 cm³/mol. The van der Waals surface area contributed by atoms with Crippen LogP contribution in [0.15, 0.2) is 22.8 Å². The summed E-state index contributed by atoms with van der Waals surface area (Å²) in [5.41, 5.74) is 0.580. The molecule has 1 N–H and O–H groups in total. The number of carbonyl (C=O) groups is 1. The first-order valence-corrected chi connectivity index (χ1v) is 8.43. The minimum absolute atomic E-state index is 0.205. The minimum atomic E-state index is -0.431. The van der Waals surface area contributed by atoms with Crippen molar-refractivity contribution in [2.24, 2.45) is 5.92 Å². The van der Waals surface area contributed by atoms with Gasteiger partial charge in [0.15, 0.2) is 0 Å². The van der Waals surface area contributed by atoms with E-state index in [1.807, 2.05) is 39.0 Å². The molecule has 1 unspecified atom stereocenters. The van der Waals surface area contributed by atoms with Crippen LogP contribution in [0.25, 0.3) is 0 Å². The third kappa shape index (κ3) is 5.57. The average Bonchev–Trinajstić information content (AvgIpc) is 2.86. The number of pyridine rings is 1. The summed E-state index contributed by atoms with van der Waals surface area (Å²) in [5.74, 6) is 0.472. The summed E-state index contributed by atoms with van der Waals surface area (Å²) < 4.78 is 6.26. The van der Waals surface area contributed by atoms with E-state index in [9.17, 15) is 4.79 Å². The molecule has 1 amide bonds. The Kier molecular flexibility index (Phi) is 5.81. The van der Waals surface area contributed by atoms with Gasteiger partial charge >= 0.3 is 6.09 Å². The minimum Gasteiger partial charge on any atom is -0.444 e. The number of halogens is 1. The highest BCUT2D eigenvalue weighted by Gasteiger charge is 2.29. The Bertz CT molecular complexity index is 516. The summed E-state index contributed by atoms with van der Waals surface area (Å²) in [5, 5.41) is 3.42.